The van der Waals surface area contributed by atoms with E-state index in [0.29, 0.717) is 19.4 Å². The molecule has 2 unspecified atom stereocenters. The minimum Gasteiger partial charge on any atom is -0.480 e. The fraction of sp³-hybridized carbons (Fsp3) is 0.824. The summed E-state index contributed by atoms with van der Waals surface area (Å²) in [6.45, 7) is 8.04. The van der Waals surface area contributed by atoms with Gasteiger partial charge in [0.2, 0.25) is 11.8 Å². The molecule has 1 rings (SSSR count). The third-order valence-corrected chi connectivity index (χ3v) is 5.16. The van der Waals surface area contributed by atoms with Crippen LogP contribution in [0, 0.1) is 11.8 Å². The van der Waals surface area contributed by atoms with Crippen molar-refractivity contribution in [2.75, 3.05) is 6.54 Å². The van der Waals surface area contributed by atoms with Gasteiger partial charge in [0, 0.05) is 6.54 Å². The van der Waals surface area contributed by atoms with Crippen molar-refractivity contribution in [2.45, 2.75) is 71.5 Å². The van der Waals surface area contributed by atoms with Crippen LogP contribution in [-0.4, -0.2) is 52.5 Å². The normalized spacial score (nSPS) is 22.5. The van der Waals surface area contributed by atoms with Crippen molar-refractivity contribution in [3.8, 4) is 0 Å². The Balaban J connectivity index is 2.82. The maximum absolute atomic E-state index is 12.6. The van der Waals surface area contributed by atoms with Crippen molar-refractivity contribution in [1.82, 2.24) is 10.2 Å². The molecule has 24 heavy (non-hydrogen) atoms. The molecule has 1 saturated heterocycles. The van der Waals surface area contributed by atoms with Crippen molar-refractivity contribution >= 4 is 17.8 Å². The quantitative estimate of drug-likeness (QED) is 0.609. The highest BCUT2D eigenvalue weighted by Gasteiger charge is 2.38. The fourth-order valence-corrected chi connectivity index (χ4v) is 2.92. The number of carboxylic acids is 1. The smallest absolute Gasteiger partial charge is 0.326 e. The lowest BCUT2D eigenvalue weighted by molar-refractivity contribution is -0.145. The summed E-state index contributed by atoms with van der Waals surface area (Å²) in [6.07, 6.45) is 2.69. The molecule has 0 aliphatic carbocycles. The van der Waals surface area contributed by atoms with E-state index in [2.05, 4.69) is 5.32 Å². The van der Waals surface area contributed by atoms with Crippen LogP contribution in [0.4, 0.5) is 0 Å². The van der Waals surface area contributed by atoms with Crippen LogP contribution in [0.5, 0.6) is 0 Å². The summed E-state index contributed by atoms with van der Waals surface area (Å²) in [5, 5.41) is 11.9. The molecular weight excluding hydrogens is 310 g/mol. The average molecular weight is 341 g/mol. The minimum atomic E-state index is -1.05. The molecule has 7 heteroatoms. The van der Waals surface area contributed by atoms with Gasteiger partial charge in [0.1, 0.15) is 12.1 Å². The lowest BCUT2D eigenvalue weighted by Crippen LogP contribution is -2.55. The summed E-state index contributed by atoms with van der Waals surface area (Å²) in [4.78, 5) is 38.0. The van der Waals surface area contributed by atoms with Gasteiger partial charge in [-0.15, -0.1) is 0 Å². The van der Waals surface area contributed by atoms with Crippen molar-refractivity contribution in [3.05, 3.63) is 0 Å². The van der Waals surface area contributed by atoms with Crippen LogP contribution in [0.2, 0.25) is 0 Å². The zero-order chi connectivity index (χ0) is 18.4. The van der Waals surface area contributed by atoms with Crippen LogP contribution in [0.3, 0.4) is 0 Å². The van der Waals surface area contributed by atoms with Crippen LogP contribution >= 0.6 is 0 Å². The van der Waals surface area contributed by atoms with Crippen LogP contribution in [-0.2, 0) is 14.4 Å². The van der Waals surface area contributed by atoms with E-state index in [1.807, 2.05) is 20.8 Å². The number of carbonyl (C=O) groups excluding carboxylic acids is 2. The van der Waals surface area contributed by atoms with Gasteiger partial charge in [-0.05, 0) is 24.7 Å². The number of carboxylic acid groups (broad SMARTS) is 1. The van der Waals surface area contributed by atoms with Crippen LogP contribution in [0.15, 0.2) is 0 Å². The Morgan fingerprint density at radius 1 is 1.21 bits per heavy atom. The predicted octanol–water partition coefficient (Wildman–Crippen LogP) is 0.966. The summed E-state index contributed by atoms with van der Waals surface area (Å²) in [6, 6.07) is -2.20. The number of nitrogens with two attached hydrogens (primary N) is 1. The van der Waals surface area contributed by atoms with Gasteiger partial charge < -0.3 is 21.1 Å². The number of nitrogens with zero attached hydrogens (tertiary/aromatic N) is 1. The first kappa shape index (κ1) is 20.4. The Labute approximate surface area is 144 Å². The number of rotatable bonds is 8. The molecule has 4 N–H and O–H groups in total. The number of aliphatic carboxylic acids is 1. The highest BCUT2D eigenvalue weighted by Crippen LogP contribution is 2.21. The Morgan fingerprint density at radius 3 is 2.29 bits per heavy atom. The first-order valence-electron chi connectivity index (χ1n) is 8.83. The Kier molecular flexibility index (Phi) is 7.66. The molecule has 138 valence electrons. The third-order valence-electron chi connectivity index (χ3n) is 5.16. The molecule has 0 saturated carbocycles. The standard InChI is InChI=1S/C17H31N3O4/c1-5-10(3)13(18)16(22)20-9-7-8-12(20)15(21)19-14(17(23)24)11(4)6-2/h10-14H,5-9,18H2,1-4H3,(H,19,21)(H,23,24)/t10?,11?,12-,13-,14-/m0/s1. The zero-order valence-corrected chi connectivity index (χ0v) is 15.1. The molecule has 0 spiro atoms. The number of amides is 2. The first-order valence-corrected chi connectivity index (χ1v) is 8.83. The number of likely N-dealkylation sites (tertiary alicyclic amines) is 1. The molecule has 1 aliphatic heterocycles. The molecular formula is C17H31N3O4. The molecule has 5 atom stereocenters. The van der Waals surface area contributed by atoms with Crippen LogP contribution in [0.1, 0.15) is 53.4 Å². The monoisotopic (exact) mass is 341 g/mol. The van der Waals surface area contributed by atoms with Crippen molar-refractivity contribution in [3.63, 3.8) is 0 Å². The fourth-order valence-electron chi connectivity index (χ4n) is 2.92. The van der Waals surface area contributed by atoms with Gasteiger partial charge in [-0.3, -0.25) is 9.59 Å². The van der Waals surface area contributed by atoms with Gasteiger partial charge in [0.05, 0.1) is 6.04 Å². The molecule has 0 aromatic carbocycles. The SMILES string of the molecule is CCC(C)[C@H](N)C(=O)N1CCC[C@H]1C(=O)N[C@H](C(=O)O)C(C)CC. The summed E-state index contributed by atoms with van der Waals surface area (Å²) < 4.78 is 0. The molecule has 0 bridgehead atoms. The first-order chi connectivity index (χ1) is 11.2. The minimum absolute atomic E-state index is 0.0358. The van der Waals surface area contributed by atoms with E-state index in [4.69, 9.17) is 5.73 Å². The molecule has 7 nitrogen and oxygen atoms in total. The topological polar surface area (TPSA) is 113 Å². The van der Waals surface area contributed by atoms with E-state index in [-0.39, 0.29) is 17.7 Å². The number of hydrogen-bond donors (Lipinski definition) is 3. The Morgan fingerprint density at radius 2 is 1.79 bits per heavy atom. The number of nitrogens with one attached hydrogen (secondary N) is 1. The molecule has 1 heterocycles. The lowest BCUT2D eigenvalue weighted by atomic mass is 9.97. The zero-order valence-electron chi connectivity index (χ0n) is 15.1. The van der Waals surface area contributed by atoms with Gasteiger partial charge in [0.15, 0.2) is 0 Å². The highest BCUT2D eigenvalue weighted by molar-refractivity contribution is 5.92. The van der Waals surface area contributed by atoms with E-state index < -0.39 is 30.0 Å². The molecule has 0 radical (unpaired) electrons. The summed E-state index contributed by atoms with van der Waals surface area (Å²) in [5.74, 6) is -1.82. The predicted molar refractivity (Wildman–Crippen MR) is 91.2 cm³/mol. The van der Waals surface area contributed by atoms with E-state index >= 15 is 0 Å². The van der Waals surface area contributed by atoms with Gasteiger partial charge in [-0.25, -0.2) is 4.79 Å². The molecule has 1 fully saturated rings. The van der Waals surface area contributed by atoms with E-state index in [1.54, 1.807) is 6.92 Å². The largest absolute Gasteiger partial charge is 0.480 e. The summed E-state index contributed by atoms with van der Waals surface area (Å²) in [5.41, 5.74) is 6.02. The Hall–Kier alpha value is -1.63. The van der Waals surface area contributed by atoms with E-state index in [0.717, 1.165) is 12.8 Å². The van der Waals surface area contributed by atoms with Crippen LogP contribution in [0.25, 0.3) is 0 Å². The average Bonchev–Trinajstić information content (AvgIpc) is 3.05. The summed E-state index contributed by atoms with van der Waals surface area (Å²) >= 11 is 0. The van der Waals surface area contributed by atoms with E-state index in [9.17, 15) is 19.5 Å². The van der Waals surface area contributed by atoms with Crippen LogP contribution < -0.4 is 11.1 Å². The molecule has 0 aromatic heterocycles. The van der Waals surface area contributed by atoms with Crippen molar-refractivity contribution in [2.24, 2.45) is 17.6 Å². The van der Waals surface area contributed by atoms with Gasteiger partial charge in [-0.1, -0.05) is 40.5 Å². The molecule has 1 aliphatic rings. The third kappa shape index (κ3) is 4.69. The second-order valence-corrected chi connectivity index (χ2v) is 6.81. The molecule has 2 amide bonds. The Bertz CT molecular complexity index is 469. The lowest BCUT2D eigenvalue weighted by Gasteiger charge is -2.30. The summed E-state index contributed by atoms with van der Waals surface area (Å²) in [7, 11) is 0. The number of carbonyl (C=O) groups is 3. The number of hydrogen-bond acceptors (Lipinski definition) is 4. The van der Waals surface area contributed by atoms with Crippen molar-refractivity contribution in [1.29, 1.82) is 0 Å². The van der Waals surface area contributed by atoms with Gasteiger partial charge in [0.25, 0.3) is 0 Å². The maximum Gasteiger partial charge on any atom is 0.326 e. The van der Waals surface area contributed by atoms with Gasteiger partial charge >= 0.3 is 5.97 Å². The second-order valence-electron chi connectivity index (χ2n) is 6.81. The van der Waals surface area contributed by atoms with E-state index in [1.165, 1.54) is 4.90 Å². The molecule has 0 aromatic rings. The maximum atomic E-state index is 12.6. The second kappa shape index (κ2) is 9.01. The van der Waals surface area contributed by atoms with Gasteiger partial charge in [-0.2, -0.15) is 0 Å². The van der Waals surface area contributed by atoms with Crippen molar-refractivity contribution < 1.29 is 19.5 Å². The highest BCUT2D eigenvalue weighted by atomic mass is 16.4.